The lowest BCUT2D eigenvalue weighted by Crippen LogP contribution is -2.49. The Labute approximate surface area is 113 Å². The molecule has 5 nitrogen and oxygen atoms in total. The van der Waals surface area contributed by atoms with Gasteiger partial charge in [0.1, 0.15) is 11.6 Å². The van der Waals surface area contributed by atoms with Crippen molar-refractivity contribution >= 4 is 11.9 Å². The van der Waals surface area contributed by atoms with Gasteiger partial charge in [-0.15, -0.1) is 0 Å². The third kappa shape index (κ3) is 3.11. The van der Waals surface area contributed by atoms with Gasteiger partial charge in [0.2, 0.25) is 5.91 Å². The van der Waals surface area contributed by atoms with Crippen molar-refractivity contribution in [2.24, 2.45) is 0 Å². The van der Waals surface area contributed by atoms with Crippen molar-refractivity contribution in [1.82, 2.24) is 4.90 Å². The van der Waals surface area contributed by atoms with Gasteiger partial charge in [0, 0.05) is 12.1 Å². The van der Waals surface area contributed by atoms with Gasteiger partial charge in [0.25, 0.3) is 0 Å². The van der Waals surface area contributed by atoms with Crippen LogP contribution in [-0.2, 0) is 20.7 Å². The molecular formula is C13H13F2NO4. The molecule has 1 atom stereocenters. The minimum atomic E-state index is -1.17. The number of nitrogens with zero attached hydrogens (tertiary/aromatic N) is 1. The Bertz CT molecular complexity index is 515. The van der Waals surface area contributed by atoms with Crippen LogP contribution < -0.4 is 0 Å². The number of ether oxygens (including phenoxy) is 1. The summed E-state index contributed by atoms with van der Waals surface area (Å²) < 4.78 is 31.9. The Kier molecular flexibility index (Phi) is 4.29. The third-order valence-corrected chi connectivity index (χ3v) is 3.08. The van der Waals surface area contributed by atoms with E-state index in [1.807, 2.05) is 0 Å². The molecule has 0 unspecified atom stereocenters. The van der Waals surface area contributed by atoms with Gasteiger partial charge in [0.05, 0.1) is 19.6 Å². The molecule has 1 N–H and O–H groups in total. The van der Waals surface area contributed by atoms with Crippen molar-refractivity contribution in [3.8, 4) is 0 Å². The van der Waals surface area contributed by atoms with Gasteiger partial charge in [-0.05, 0) is 12.1 Å². The largest absolute Gasteiger partial charge is 0.479 e. The fraction of sp³-hybridized carbons (Fsp3) is 0.385. The zero-order valence-corrected chi connectivity index (χ0v) is 10.5. The number of benzene rings is 1. The van der Waals surface area contributed by atoms with E-state index in [1.165, 1.54) is 11.0 Å². The highest BCUT2D eigenvalue weighted by Crippen LogP contribution is 2.15. The van der Waals surface area contributed by atoms with Crippen LogP contribution in [0.4, 0.5) is 8.78 Å². The van der Waals surface area contributed by atoms with Crippen LogP contribution in [0.25, 0.3) is 0 Å². The van der Waals surface area contributed by atoms with E-state index >= 15 is 0 Å². The molecule has 0 bridgehead atoms. The lowest BCUT2D eigenvalue weighted by molar-refractivity contribution is -0.159. The molecule has 2 rings (SSSR count). The van der Waals surface area contributed by atoms with Crippen LogP contribution in [0.1, 0.15) is 5.56 Å². The summed E-state index contributed by atoms with van der Waals surface area (Å²) in [4.78, 5) is 24.0. The number of carboxylic acid groups (broad SMARTS) is 1. The Morgan fingerprint density at radius 1 is 1.35 bits per heavy atom. The summed E-state index contributed by atoms with van der Waals surface area (Å²) in [5, 5.41) is 8.83. The molecular weight excluding hydrogens is 272 g/mol. The van der Waals surface area contributed by atoms with Gasteiger partial charge in [-0.1, -0.05) is 6.07 Å². The van der Waals surface area contributed by atoms with Gasteiger partial charge < -0.3 is 14.7 Å². The number of carbonyl (C=O) groups is 2. The summed E-state index contributed by atoms with van der Waals surface area (Å²) >= 11 is 0. The minimum absolute atomic E-state index is 0.0858. The topological polar surface area (TPSA) is 66.8 Å². The molecule has 7 heteroatoms. The van der Waals surface area contributed by atoms with Crippen LogP contribution in [0.2, 0.25) is 0 Å². The zero-order valence-electron chi connectivity index (χ0n) is 10.5. The normalized spacial score (nSPS) is 18.9. The van der Waals surface area contributed by atoms with E-state index in [0.717, 1.165) is 12.1 Å². The van der Waals surface area contributed by atoms with Crippen LogP contribution >= 0.6 is 0 Å². The Morgan fingerprint density at radius 2 is 2.00 bits per heavy atom. The predicted molar refractivity (Wildman–Crippen MR) is 64.0 cm³/mol. The number of amides is 1. The van der Waals surface area contributed by atoms with Crippen LogP contribution in [0.5, 0.6) is 0 Å². The van der Waals surface area contributed by atoms with E-state index < -0.39 is 36.0 Å². The average Bonchev–Trinajstić information content (AvgIpc) is 2.43. The highest BCUT2D eigenvalue weighted by atomic mass is 19.1. The Hall–Kier alpha value is -2.02. The van der Waals surface area contributed by atoms with Crippen molar-refractivity contribution < 1.29 is 28.2 Å². The first-order chi connectivity index (χ1) is 9.49. The van der Waals surface area contributed by atoms with Crippen molar-refractivity contribution in [2.45, 2.75) is 12.5 Å². The Balaban J connectivity index is 2.06. The van der Waals surface area contributed by atoms with Gasteiger partial charge >= 0.3 is 5.97 Å². The molecule has 1 amide bonds. The smallest absolute Gasteiger partial charge is 0.334 e. The van der Waals surface area contributed by atoms with Crippen LogP contribution in [0.3, 0.4) is 0 Å². The maximum atomic E-state index is 13.5. The minimum Gasteiger partial charge on any atom is -0.479 e. The summed E-state index contributed by atoms with van der Waals surface area (Å²) in [6, 6.07) is 3.37. The van der Waals surface area contributed by atoms with Crippen molar-refractivity contribution in [1.29, 1.82) is 0 Å². The fourth-order valence-corrected chi connectivity index (χ4v) is 1.99. The lowest BCUT2D eigenvalue weighted by Gasteiger charge is -2.31. The first kappa shape index (κ1) is 14.4. The zero-order chi connectivity index (χ0) is 14.7. The Morgan fingerprint density at radius 3 is 2.60 bits per heavy atom. The number of morpholine rings is 1. The second-order valence-electron chi connectivity index (χ2n) is 4.41. The maximum Gasteiger partial charge on any atom is 0.334 e. The van der Waals surface area contributed by atoms with Crippen LogP contribution in [-0.4, -0.2) is 47.7 Å². The molecule has 108 valence electrons. The van der Waals surface area contributed by atoms with E-state index in [2.05, 4.69) is 0 Å². The molecule has 0 aliphatic carbocycles. The molecule has 1 aromatic rings. The van der Waals surface area contributed by atoms with E-state index in [1.54, 1.807) is 0 Å². The van der Waals surface area contributed by atoms with Crippen molar-refractivity contribution in [2.75, 3.05) is 19.7 Å². The van der Waals surface area contributed by atoms with E-state index in [0.29, 0.717) is 0 Å². The molecule has 20 heavy (non-hydrogen) atoms. The van der Waals surface area contributed by atoms with Crippen LogP contribution in [0.15, 0.2) is 18.2 Å². The predicted octanol–water partition coefficient (Wildman–Crippen LogP) is 0.819. The standard InChI is InChI=1S/C13H13F2NO4/c14-9-2-1-3-10(15)8(9)6-12(17)16-4-5-20-11(7-16)13(18)19/h1-3,11H,4-7H2,(H,18,19)/t11-/m1/s1. The van der Waals surface area contributed by atoms with E-state index in [9.17, 15) is 18.4 Å². The van der Waals surface area contributed by atoms with E-state index in [-0.39, 0.29) is 25.3 Å². The second kappa shape index (κ2) is 5.96. The second-order valence-corrected chi connectivity index (χ2v) is 4.41. The molecule has 0 aromatic heterocycles. The van der Waals surface area contributed by atoms with Gasteiger partial charge in [-0.25, -0.2) is 13.6 Å². The third-order valence-electron chi connectivity index (χ3n) is 3.08. The number of halogens is 2. The molecule has 1 aromatic carbocycles. The monoisotopic (exact) mass is 285 g/mol. The molecule has 0 spiro atoms. The first-order valence-corrected chi connectivity index (χ1v) is 6.04. The maximum absolute atomic E-state index is 13.5. The highest BCUT2D eigenvalue weighted by Gasteiger charge is 2.29. The number of aliphatic carboxylic acids is 1. The number of carbonyl (C=O) groups excluding carboxylic acids is 1. The van der Waals surface area contributed by atoms with Gasteiger partial charge in [-0.2, -0.15) is 0 Å². The first-order valence-electron chi connectivity index (χ1n) is 6.04. The van der Waals surface area contributed by atoms with Crippen molar-refractivity contribution in [3.05, 3.63) is 35.4 Å². The van der Waals surface area contributed by atoms with Gasteiger partial charge in [0.15, 0.2) is 6.10 Å². The average molecular weight is 285 g/mol. The summed E-state index contributed by atoms with van der Waals surface area (Å²) in [5.41, 5.74) is -0.309. The summed E-state index contributed by atoms with van der Waals surface area (Å²) in [6.07, 6.45) is -1.54. The molecule has 1 aliphatic rings. The lowest BCUT2D eigenvalue weighted by atomic mass is 10.1. The van der Waals surface area contributed by atoms with E-state index in [4.69, 9.17) is 9.84 Å². The SMILES string of the molecule is O=C(O)[C@H]1CN(C(=O)Cc2c(F)cccc2F)CCO1. The summed E-state index contributed by atoms with van der Waals surface area (Å²) in [7, 11) is 0. The van der Waals surface area contributed by atoms with Crippen LogP contribution in [0, 0.1) is 11.6 Å². The number of carboxylic acids is 1. The summed E-state index contributed by atoms with van der Waals surface area (Å²) in [6.45, 7) is 0.172. The molecule has 1 saturated heterocycles. The highest BCUT2D eigenvalue weighted by molar-refractivity contribution is 5.80. The summed E-state index contributed by atoms with van der Waals surface area (Å²) in [5.74, 6) is -3.27. The van der Waals surface area contributed by atoms with Crippen molar-refractivity contribution in [3.63, 3.8) is 0 Å². The molecule has 1 fully saturated rings. The molecule has 1 heterocycles. The van der Waals surface area contributed by atoms with Gasteiger partial charge in [-0.3, -0.25) is 4.79 Å². The molecule has 0 saturated carbocycles. The molecule has 1 aliphatic heterocycles. The number of rotatable bonds is 3. The quantitative estimate of drug-likeness (QED) is 0.893. The number of hydrogen-bond acceptors (Lipinski definition) is 3. The fourth-order valence-electron chi connectivity index (χ4n) is 1.99. The number of hydrogen-bond donors (Lipinski definition) is 1. The molecule has 0 radical (unpaired) electrons.